The van der Waals surface area contributed by atoms with E-state index in [0.717, 1.165) is 11.3 Å². The number of nitriles is 1. The molecule has 0 unspecified atom stereocenters. The molecule has 0 saturated carbocycles. The number of hydrogen-bond donors (Lipinski definition) is 1. The number of carbonyl (C=O) groups excluding carboxylic acids is 1. The van der Waals surface area contributed by atoms with E-state index in [4.69, 9.17) is 5.26 Å². The molecule has 0 aliphatic carbocycles. The summed E-state index contributed by atoms with van der Waals surface area (Å²) in [7, 11) is 0. The normalized spacial score (nSPS) is 17.9. The Labute approximate surface area is 104 Å². The van der Waals surface area contributed by atoms with Crippen LogP contribution >= 0.6 is 11.8 Å². The summed E-state index contributed by atoms with van der Waals surface area (Å²) in [5.41, 5.74) is 4.68. The van der Waals surface area contributed by atoms with Crippen LogP contribution in [0.4, 0.5) is 4.79 Å². The van der Waals surface area contributed by atoms with Crippen LogP contribution in [0.2, 0.25) is 0 Å². The predicted molar refractivity (Wildman–Crippen MR) is 67.9 cm³/mol. The number of thioether (sulfide) groups is 1. The van der Waals surface area contributed by atoms with E-state index in [1.54, 1.807) is 12.1 Å². The maximum absolute atomic E-state index is 11.3. The monoisotopic (exact) mass is 245 g/mol. The first kappa shape index (κ1) is 11.7. The Morgan fingerprint density at radius 1 is 1.47 bits per heavy atom. The molecule has 1 aliphatic rings. The van der Waals surface area contributed by atoms with Crippen molar-refractivity contribution in [1.29, 1.82) is 5.26 Å². The molecule has 2 rings (SSSR count). The minimum Gasteiger partial charge on any atom is -0.260 e. The van der Waals surface area contributed by atoms with Crippen LogP contribution in [0.25, 0.3) is 0 Å². The Hall–Kier alpha value is -1.80. The van der Waals surface area contributed by atoms with Crippen LogP contribution in [0.3, 0.4) is 0 Å². The van der Waals surface area contributed by atoms with Gasteiger partial charge in [0.1, 0.15) is 0 Å². The second-order valence-corrected chi connectivity index (χ2v) is 5.76. The van der Waals surface area contributed by atoms with Gasteiger partial charge in [-0.1, -0.05) is 23.9 Å². The molecule has 17 heavy (non-hydrogen) atoms. The Morgan fingerprint density at radius 3 is 2.88 bits per heavy atom. The lowest BCUT2D eigenvalue weighted by Gasteiger charge is -2.28. The molecular weight excluding hydrogens is 234 g/mol. The summed E-state index contributed by atoms with van der Waals surface area (Å²) in [5.74, 6) is 0. The van der Waals surface area contributed by atoms with Gasteiger partial charge in [-0.3, -0.25) is 4.79 Å². The van der Waals surface area contributed by atoms with E-state index in [1.807, 2.05) is 26.0 Å². The molecule has 0 bridgehead atoms. The zero-order chi connectivity index (χ0) is 12.5. The molecule has 0 radical (unpaired) electrons. The summed E-state index contributed by atoms with van der Waals surface area (Å²) in [6.45, 7) is 3.88. The molecule has 4 nitrogen and oxygen atoms in total. The highest BCUT2D eigenvalue weighted by Crippen LogP contribution is 2.32. The Bertz CT molecular complexity index is 543. The van der Waals surface area contributed by atoms with Crippen LogP contribution in [0, 0.1) is 11.3 Å². The van der Waals surface area contributed by atoms with Crippen LogP contribution < -0.4 is 5.43 Å². The Balaban J connectivity index is 2.46. The van der Waals surface area contributed by atoms with E-state index in [-0.39, 0.29) is 5.24 Å². The largest absolute Gasteiger partial charge is 0.300 e. The van der Waals surface area contributed by atoms with E-state index in [9.17, 15) is 4.79 Å². The fourth-order valence-corrected chi connectivity index (χ4v) is 2.50. The highest BCUT2D eigenvalue weighted by atomic mass is 32.2. The van der Waals surface area contributed by atoms with Crippen molar-refractivity contribution in [3.8, 4) is 6.07 Å². The van der Waals surface area contributed by atoms with Gasteiger partial charge in [0.15, 0.2) is 0 Å². The maximum atomic E-state index is 11.3. The SMILES string of the molecule is CC1(C)SC(=O)NN=C1c1cccc(C#N)c1. The molecule has 1 amide bonds. The van der Waals surface area contributed by atoms with Gasteiger partial charge in [-0.15, -0.1) is 0 Å². The number of hydrogen-bond acceptors (Lipinski definition) is 4. The van der Waals surface area contributed by atoms with Crippen molar-refractivity contribution in [2.24, 2.45) is 5.10 Å². The van der Waals surface area contributed by atoms with Crippen LogP contribution in [0.1, 0.15) is 25.0 Å². The molecule has 1 N–H and O–H groups in total. The fourth-order valence-electron chi connectivity index (χ4n) is 1.69. The van der Waals surface area contributed by atoms with Gasteiger partial charge >= 0.3 is 0 Å². The molecule has 1 heterocycles. The van der Waals surface area contributed by atoms with Crippen molar-refractivity contribution in [3.05, 3.63) is 35.4 Å². The lowest BCUT2D eigenvalue weighted by Crippen LogP contribution is -2.38. The molecule has 0 fully saturated rings. The number of nitrogens with one attached hydrogen (secondary N) is 1. The predicted octanol–water partition coefficient (Wildman–Crippen LogP) is 2.50. The minimum absolute atomic E-state index is 0.157. The number of benzene rings is 1. The zero-order valence-corrected chi connectivity index (χ0v) is 10.3. The van der Waals surface area contributed by atoms with Gasteiger partial charge in [0.2, 0.25) is 0 Å². The lowest BCUT2D eigenvalue weighted by atomic mass is 9.98. The topological polar surface area (TPSA) is 65.2 Å². The number of amides is 1. The Morgan fingerprint density at radius 2 is 2.24 bits per heavy atom. The second-order valence-electron chi connectivity index (χ2n) is 4.16. The van der Waals surface area contributed by atoms with Crippen molar-refractivity contribution in [3.63, 3.8) is 0 Å². The third kappa shape index (κ3) is 2.32. The third-order valence-electron chi connectivity index (χ3n) is 2.44. The quantitative estimate of drug-likeness (QED) is 0.826. The van der Waals surface area contributed by atoms with Crippen LogP contribution in [-0.2, 0) is 0 Å². The van der Waals surface area contributed by atoms with Crippen molar-refractivity contribution in [2.45, 2.75) is 18.6 Å². The Kier molecular flexibility index (Phi) is 2.90. The first-order valence-electron chi connectivity index (χ1n) is 5.10. The fraction of sp³-hybridized carbons (Fsp3) is 0.250. The summed E-state index contributed by atoms with van der Waals surface area (Å²) in [6, 6.07) is 9.31. The molecular formula is C12H11N3OS. The number of rotatable bonds is 1. The molecule has 0 spiro atoms. The van der Waals surface area contributed by atoms with Gasteiger partial charge in [-0.05, 0) is 26.0 Å². The van der Waals surface area contributed by atoms with E-state index < -0.39 is 4.75 Å². The van der Waals surface area contributed by atoms with E-state index in [1.165, 1.54) is 11.8 Å². The van der Waals surface area contributed by atoms with Gasteiger partial charge in [-0.2, -0.15) is 10.4 Å². The second kappa shape index (κ2) is 4.22. The summed E-state index contributed by atoms with van der Waals surface area (Å²) >= 11 is 1.20. The van der Waals surface area contributed by atoms with Crippen molar-refractivity contribution in [1.82, 2.24) is 5.43 Å². The summed E-state index contributed by atoms with van der Waals surface area (Å²) in [6.07, 6.45) is 0. The summed E-state index contributed by atoms with van der Waals surface area (Å²) in [4.78, 5) is 11.3. The average Bonchev–Trinajstić information content (AvgIpc) is 2.27. The molecule has 0 aromatic heterocycles. The molecule has 0 saturated heterocycles. The standard InChI is InChI=1S/C12H11N3OS/c1-12(2)10(14-15-11(16)17-12)9-5-3-4-8(6-9)7-13/h3-6H,1-2H3,(H,15,16). The zero-order valence-electron chi connectivity index (χ0n) is 9.52. The molecule has 1 aliphatic heterocycles. The highest BCUT2D eigenvalue weighted by molar-refractivity contribution is 8.15. The molecule has 0 atom stereocenters. The third-order valence-corrected chi connectivity index (χ3v) is 3.42. The van der Waals surface area contributed by atoms with E-state index in [2.05, 4.69) is 16.6 Å². The molecule has 5 heteroatoms. The van der Waals surface area contributed by atoms with Crippen molar-refractivity contribution < 1.29 is 4.79 Å². The van der Waals surface area contributed by atoms with Crippen LogP contribution in [0.15, 0.2) is 29.4 Å². The first-order valence-corrected chi connectivity index (χ1v) is 5.92. The number of hydrazone groups is 1. The van der Waals surface area contributed by atoms with E-state index in [0.29, 0.717) is 5.56 Å². The van der Waals surface area contributed by atoms with Gasteiger partial charge in [0.25, 0.3) is 5.24 Å². The smallest absolute Gasteiger partial charge is 0.260 e. The maximum Gasteiger partial charge on any atom is 0.300 e. The molecule has 1 aromatic rings. The summed E-state index contributed by atoms with van der Waals surface area (Å²) < 4.78 is -0.392. The van der Waals surface area contributed by atoms with E-state index >= 15 is 0 Å². The minimum atomic E-state index is -0.392. The number of carbonyl (C=O) groups is 1. The lowest BCUT2D eigenvalue weighted by molar-refractivity contribution is 0.260. The van der Waals surface area contributed by atoms with Crippen LogP contribution in [0.5, 0.6) is 0 Å². The molecule has 86 valence electrons. The van der Waals surface area contributed by atoms with Gasteiger partial charge in [-0.25, -0.2) is 5.43 Å². The van der Waals surface area contributed by atoms with Crippen molar-refractivity contribution in [2.75, 3.05) is 0 Å². The molecule has 1 aromatic carbocycles. The van der Waals surface area contributed by atoms with Gasteiger partial charge in [0, 0.05) is 5.56 Å². The van der Waals surface area contributed by atoms with Gasteiger partial charge < -0.3 is 0 Å². The average molecular weight is 245 g/mol. The highest BCUT2D eigenvalue weighted by Gasteiger charge is 2.33. The van der Waals surface area contributed by atoms with Gasteiger partial charge in [0.05, 0.1) is 22.1 Å². The summed E-state index contributed by atoms with van der Waals surface area (Å²) in [5, 5.41) is 12.8. The number of nitrogens with zero attached hydrogens (tertiary/aromatic N) is 2. The first-order chi connectivity index (χ1) is 8.03. The van der Waals surface area contributed by atoms with Crippen LogP contribution in [-0.4, -0.2) is 15.7 Å². The van der Waals surface area contributed by atoms with Crippen molar-refractivity contribution >= 4 is 22.7 Å².